The highest BCUT2D eigenvalue weighted by Crippen LogP contribution is 2.47. The molecular formula is C42H22N6. The van der Waals surface area contributed by atoms with Gasteiger partial charge in [0.1, 0.15) is 11.2 Å². The molecule has 0 radical (unpaired) electrons. The molecular weight excluding hydrogens is 589 g/mol. The van der Waals surface area contributed by atoms with E-state index in [1.165, 1.54) is 43.5 Å². The molecule has 0 atom stereocenters. The highest BCUT2D eigenvalue weighted by atomic mass is 15.2. The van der Waals surface area contributed by atoms with Gasteiger partial charge in [-0.05, 0) is 47.3 Å². The smallest absolute Gasteiger partial charge is 0.235 e. The molecule has 11 rings (SSSR count). The van der Waals surface area contributed by atoms with Gasteiger partial charge in [-0.1, -0.05) is 91.0 Å². The Kier molecular flexibility index (Phi) is 4.82. The van der Waals surface area contributed by atoms with E-state index < -0.39 is 0 Å². The quantitative estimate of drug-likeness (QED) is 0.183. The second-order valence-corrected chi connectivity index (χ2v) is 12.3. The summed E-state index contributed by atoms with van der Waals surface area (Å²) in [6, 6.07) is 44.3. The maximum absolute atomic E-state index is 7.65. The Balaban J connectivity index is 1.40. The Bertz CT molecular complexity index is 3200. The average molecular weight is 611 g/mol. The average Bonchev–Trinajstić information content (AvgIpc) is 3.79. The summed E-state index contributed by atoms with van der Waals surface area (Å²) >= 11 is 0. The van der Waals surface area contributed by atoms with Crippen LogP contribution in [0.5, 0.6) is 0 Å². The minimum absolute atomic E-state index is 0.556. The van der Waals surface area contributed by atoms with Crippen LogP contribution >= 0.6 is 0 Å². The standard InChI is InChI=1S/C42H22N6/c1-43-26-12-8-11-25(22-26)38-39-32(16-9-21-44-39)45-42(46-38)48-35-23-31-28-14-4-6-17-33(28)47-34-18-7-5-15-29(34)37(41(31)47)36(35)30-20-19-24-10-2-3-13-27(24)40(30)48/h2-23H. The number of para-hydroxylation sites is 2. The van der Waals surface area contributed by atoms with E-state index in [0.717, 1.165) is 38.3 Å². The predicted octanol–water partition coefficient (Wildman–Crippen LogP) is 10.6. The van der Waals surface area contributed by atoms with E-state index >= 15 is 0 Å². The highest BCUT2D eigenvalue weighted by Gasteiger charge is 2.26. The van der Waals surface area contributed by atoms with Gasteiger partial charge in [-0.3, -0.25) is 9.55 Å². The zero-order valence-corrected chi connectivity index (χ0v) is 25.4. The van der Waals surface area contributed by atoms with Gasteiger partial charge in [-0.25, -0.2) is 14.8 Å². The van der Waals surface area contributed by atoms with Crippen LogP contribution in [0.3, 0.4) is 0 Å². The lowest BCUT2D eigenvalue weighted by Gasteiger charge is -2.12. The molecule has 5 heterocycles. The molecule has 48 heavy (non-hydrogen) atoms. The lowest BCUT2D eigenvalue weighted by atomic mass is 10.0. The zero-order valence-electron chi connectivity index (χ0n) is 25.4. The Morgan fingerprint density at radius 1 is 0.562 bits per heavy atom. The first kappa shape index (κ1) is 25.4. The number of fused-ring (bicyclic) bond motifs is 13. The summed E-state index contributed by atoms with van der Waals surface area (Å²) in [7, 11) is 0. The monoisotopic (exact) mass is 610 g/mol. The van der Waals surface area contributed by atoms with Crippen molar-refractivity contribution in [3.63, 3.8) is 0 Å². The molecule has 0 fully saturated rings. The molecule has 220 valence electrons. The van der Waals surface area contributed by atoms with Gasteiger partial charge in [-0.2, -0.15) is 0 Å². The van der Waals surface area contributed by atoms with Crippen molar-refractivity contribution in [2.75, 3.05) is 0 Å². The number of nitrogens with zero attached hydrogens (tertiary/aromatic N) is 6. The fourth-order valence-electron chi connectivity index (χ4n) is 7.96. The number of pyridine rings is 1. The van der Waals surface area contributed by atoms with Crippen molar-refractivity contribution >= 4 is 87.4 Å². The topological polar surface area (TPSA) is 52.4 Å². The molecule has 0 aliphatic carbocycles. The molecule has 0 saturated heterocycles. The Morgan fingerprint density at radius 3 is 2.23 bits per heavy atom. The van der Waals surface area contributed by atoms with Crippen molar-refractivity contribution < 1.29 is 0 Å². The maximum Gasteiger partial charge on any atom is 0.235 e. The molecule has 5 aromatic heterocycles. The number of benzene rings is 6. The van der Waals surface area contributed by atoms with E-state index in [9.17, 15) is 0 Å². The molecule has 0 N–H and O–H groups in total. The third-order valence-corrected chi connectivity index (χ3v) is 9.88. The first-order chi connectivity index (χ1) is 23.8. The summed E-state index contributed by atoms with van der Waals surface area (Å²) in [5, 5.41) is 9.50. The van der Waals surface area contributed by atoms with Gasteiger partial charge in [0.25, 0.3) is 0 Å². The number of aromatic nitrogens is 5. The van der Waals surface area contributed by atoms with Crippen molar-refractivity contribution in [3.8, 4) is 17.2 Å². The lowest BCUT2D eigenvalue weighted by molar-refractivity contribution is 1.01. The van der Waals surface area contributed by atoms with Crippen LogP contribution in [-0.2, 0) is 0 Å². The molecule has 0 amide bonds. The second kappa shape index (κ2) is 9.12. The number of hydrogen-bond acceptors (Lipinski definition) is 3. The van der Waals surface area contributed by atoms with E-state index in [-0.39, 0.29) is 0 Å². The third kappa shape index (κ3) is 3.17. The SMILES string of the molecule is [C-]#[N+]c1cccc(-c2nc(-n3c4cc5c6ccccc6n6c7ccccc7c(c4c4ccc7ccccc7c43)c56)nc3cccnc23)c1. The van der Waals surface area contributed by atoms with Gasteiger partial charge >= 0.3 is 0 Å². The molecule has 0 unspecified atom stereocenters. The van der Waals surface area contributed by atoms with Crippen LogP contribution in [0.15, 0.2) is 134 Å². The van der Waals surface area contributed by atoms with Crippen LogP contribution in [0, 0.1) is 6.57 Å². The number of hydrogen-bond donors (Lipinski definition) is 0. The van der Waals surface area contributed by atoms with E-state index in [0.29, 0.717) is 22.8 Å². The van der Waals surface area contributed by atoms with Gasteiger partial charge < -0.3 is 4.40 Å². The molecule has 0 spiro atoms. The Morgan fingerprint density at radius 2 is 1.35 bits per heavy atom. The summed E-state index contributed by atoms with van der Waals surface area (Å²) in [5.74, 6) is 0.566. The highest BCUT2D eigenvalue weighted by molar-refractivity contribution is 6.37. The molecule has 0 aliphatic heterocycles. The van der Waals surface area contributed by atoms with Gasteiger partial charge in [0, 0.05) is 43.9 Å². The molecule has 6 nitrogen and oxygen atoms in total. The van der Waals surface area contributed by atoms with E-state index in [1.807, 2.05) is 36.4 Å². The summed E-state index contributed by atoms with van der Waals surface area (Å²) in [4.78, 5) is 19.0. The second-order valence-electron chi connectivity index (χ2n) is 12.3. The van der Waals surface area contributed by atoms with E-state index in [1.54, 1.807) is 6.20 Å². The molecule has 0 aliphatic rings. The summed E-state index contributed by atoms with van der Waals surface area (Å²) < 4.78 is 4.68. The van der Waals surface area contributed by atoms with Gasteiger partial charge in [0.15, 0.2) is 5.69 Å². The number of rotatable bonds is 2. The normalized spacial score (nSPS) is 12.1. The first-order valence-electron chi connectivity index (χ1n) is 15.9. The van der Waals surface area contributed by atoms with Crippen LogP contribution in [0.4, 0.5) is 5.69 Å². The summed E-state index contributed by atoms with van der Waals surface area (Å²) in [6.45, 7) is 7.65. The van der Waals surface area contributed by atoms with Crippen LogP contribution in [0.2, 0.25) is 0 Å². The van der Waals surface area contributed by atoms with Gasteiger partial charge in [0.05, 0.1) is 39.7 Å². The maximum atomic E-state index is 7.65. The van der Waals surface area contributed by atoms with E-state index in [4.69, 9.17) is 21.5 Å². The van der Waals surface area contributed by atoms with Gasteiger partial charge in [-0.15, -0.1) is 0 Å². The van der Waals surface area contributed by atoms with Crippen molar-refractivity contribution in [2.24, 2.45) is 0 Å². The molecule has 0 saturated carbocycles. The fourth-order valence-corrected chi connectivity index (χ4v) is 7.96. The van der Waals surface area contributed by atoms with Crippen LogP contribution < -0.4 is 0 Å². The third-order valence-electron chi connectivity index (χ3n) is 9.88. The van der Waals surface area contributed by atoms with Gasteiger partial charge in [0.2, 0.25) is 5.95 Å². The fraction of sp³-hybridized carbons (Fsp3) is 0. The molecule has 6 aromatic carbocycles. The Labute approximate surface area is 272 Å². The van der Waals surface area contributed by atoms with Crippen LogP contribution in [0.1, 0.15) is 0 Å². The molecule has 11 aromatic rings. The van der Waals surface area contributed by atoms with Crippen LogP contribution in [-0.4, -0.2) is 23.9 Å². The van der Waals surface area contributed by atoms with E-state index in [2.05, 4.69) is 105 Å². The molecule has 6 heteroatoms. The zero-order chi connectivity index (χ0) is 31.5. The molecule has 0 bridgehead atoms. The lowest BCUT2D eigenvalue weighted by Crippen LogP contribution is -2.04. The minimum Gasteiger partial charge on any atom is -0.308 e. The minimum atomic E-state index is 0.556. The summed E-state index contributed by atoms with van der Waals surface area (Å²) in [6.07, 6.45) is 1.77. The first-order valence-corrected chi connectivity index (χ1v) is 15.9. The van der Waals surface area contributed by atoms with Crippen LogP contribution in [0.25, 0.3) is 104 Å². The predicted molar refractivity (Wildman–Crippen MR) is 196 cm³/mol. The van der Waals surface area contributed by atoms with Crippen molar-refractivity contribution in [1.82, 2.24) is 23.9 Å². The van der Waals surface area contributed by atoms with Crippen molar-refractivity contribution in [3.05, 3.63) is 145 Å². The summed E-state index contributed by atoms with van der Waals surface area (Å²) in [5.41, 5.74) is 9.27. The van der Waals surface area contributed by atoms with Crippen molar-refractivity contribution in [2.45, 2.75) is 0 Å². The van der Waals surface area contributed by atoms with Crippen molar-refractivity contribution in [1.29, 1.82) is 0 Å². The Hall–Kier alpha value is -6.84. The largest absolute Gasteiger partial charge is 0.308 e.